The molecule has 3 nitrogen and oxygen atoms in total. The van der Waals surface area contributed by atoms with E-state index < -0.39 is 11.7 Å². The molecule has 0 aliphatic carbocycles. The Kier molecular flexibility index (Phi) is 4.25. The number of benzene rings is 2. The predicted molar refractivity (Wildman–Crippen MR) is 75.4 cm³/mol. The molecule has 0 atom stereocenters. The normalized spacial score (nSPS) is 10.3. The minimum atomic E-state index is -0.523. The number of nitrogens with two attached hydrogens (primary N) is 1. The summed E-state index contributed by atoms with van der Waals surface area (Å²) in [6.07, 6.45) is 0. The maximum atomic E-state index is 13.3. The van der Waals surface area contributed by atoms with E-state index in [4.69, 9.17) is 22.1 Å². The lowest BCUT2D eigenvalue weighted by atomic mass is 10.1. The van der Waals surface area contributed by atoms with Crippen LogP contribution in [0.1, 0.15) is 21.5 Å². The highest BCUT2D eigenvalue weighted by molar-refractivity contribution is 6.30. The van der Waals surface area contributed by atoms with Crippen molar-refractivity contribution in [2.75, 3.05) is 0 Å². The van der Waals surface area contributed by atoms with Gasteiger partial charge in [0.1, 0.15) is 18.2 Å². The fourth-order valence-corrected chi connectivity index (χ4v) is 1.86. The maximum Gasteiger partial charge on any atom is 0.248 e. The fourth-order valence-electron chi connectivity index (χ4n) is 1.74. The molecule has 104 valence electrons. The molecule has 0 unspecified atom stereocenters. The van der Waals surface area contributed by atoms with E-state index in [1.165, 1.54) is 12.1 Å². The highest BCUT2D eigenvalue weighted by atomic mass is 35.5. The van der Waals surface area contributed by atoms with Crippen LogP contribution in [-0.2, 0) is 6.61 Å². The topological polar surface area (TPSA) is 52.3 Å². The van der Waals surface area contributed by atoms with Gasteiger partial charge in [-0.05, 0) is 42.3 Å². The number of amides is 1. The van der Waals surface area contributed by atoms with Gasteiger partial charge in [-0.2, -0.15) is 0 Å². The number of ether oxygens (including phenoxy) is 1. The lowest BCUT2D eigenvalue weighted by molar-refractivity contribution is 0.1000. The summed E-state index contributed by atoms with van der Waals surface area (Å²) in [5.74, 6) is -0.601. The highest BCUT2D eigenvalue weighted by Gasteiger charge is 2.06. The summed E-state index contributed by atoms with van der Waals surface area (Å²) >= 11 is 5.60. The summed E-state index contributed by atoms with van der Waals surface area (Å²) < 4.78 is 18.8. The van der Waals surface area contributed by atoms with E-state index in [-0.39, 0.29) is 11.6 Å². The Hall–Kier alpha value is -2.07. The predicted octanol–water partition coefficient (Wildman–Crippen LogP) is 3.47. The van der Waals surface area contributed by atoms with Crippen molar-refractivity contribution in [3.8, 4) is 5.75 Å². The molecule has 2 aromatic rings. The van der Waals surface area contributed by atoms with E-state index >= 15 is 0 Å². The molecule has 0 heterocycles. The molecular weight excluding hydrogens is 281 g/mol. The molecule has 0 saturated heterocycles. The van der Waals surface area contributed by atoms with Crippen molar-refractivity contribution in [2.45, 2.75) is 13.5 Å². The summed E-state index contributed by atoms with van der Waals surface area (Å²) in [5, 5.41) is 0.0549. The van der Waals surface area contributed by atoms with Crippen LogP contribution in [0.2, 0.25) is 5.02 Å². The van der Waals surface area contributed by atoms with E-state index in [2.05, 4.69) is 0 Å². The van der Waals surface area contributed by atoms with Gasteiger partial charge in [-0.15, -0.1) is 0 Å². The Morgan fingerprint density at radius 2 is 2.05 bits per heavy atom. The van der Waals surface area contributed by atoms with Crippen LogP contribution in [0.3, 0.4) is 0 Å². The second-order valence-corrected chi connectivity index (χ2v) is 4.78. The van der Waals surface area contributed by atoms with Crippen LogP contribution in [-0.4, -0.2) is 5.91 Å². The molecule has 0 aliphatic heterocycles. The zero-order chi connectivity index (χ0) is 14.7. The zero-order valence-corrected chi connectivity index (χ0v) is 11.6. The quantitative estimate of drug-likeness (QED) is 0.938. The molecule has 2 N–H and O–H groups in total. The third-order valence-electron chi connectivity index (χ3n) is 2.91. The third kappa shape index (κ3) is 3.27. The first-order valence-electron chi connectivity index (χ1n) is 5.94. The van der Waals surface area contributed by atoms with Gasteiger partial charge in [-0.25, -0.2) is 4.39 Å². The minimum absolute atomic E-state index is 0.0549. The summed E-state index contributed by atoms with van der Waals surface area (Å²) in [5.41, 5.74) is 7.43. The molecule has 20 heavy (non-hydrogen) atoms. The Bertz CT molecular complexity index is 658. The van der Waals surface area contributed by atoms with Crippen molar-refractivity contribution in [3.05, 3.63) is 63.9 Å². The van der Waals surface area contributed by atoms with Gasteiger partial charge in [0.2, 0.25) is 5.91 Å². The smallest absolute Gasteiger partial charge is 0.248 e. The first kappa shape index (κ1) is 14.3. The molecule has 0 aromatic heterocycles. The second kappa shape index (κ2) is 5.92. The van der Waals surface area contributed by atoms with Crippen LogP contribution in [0.5, 0.6) is 5.75 Å². The fraction of sp³-hybridized carbons (Fsp3) is 0.133. The van der Waals surface area contributed by atoms with Crippen molar-refractivity contribution in [2.24, 2.45) is 5.73 Å². The zero-order valence-electron chi connectivity index (χ0n) is 10.8. The highest BCUT2D eigenvalue weighted by Crippen LogP contribution is 2.22. The first-order valence-corrected chi connectivity index (χ1v) is 6.32. The molecule has 2 aromatic carbocycles. The van der Waals surface area contributed by atoms with Crippen LogP contribution >= 0.6 is 11.6 Å². The monoisotopic (exact) mass is 293 g/mol. The molecule has 0 spiro atoms. The Balaban J connectivity index is 2.10. The van der Waals surface area contributed by atoms with Crippen molar-refractivity contribution < 1.29 is 13.9 Å². The number of hydrogen-bond acceptors (Lipinski definition) is 2. The molecular formula is C15H13ClFNO2. The van der Waals surface area contributed by atoms with Gasteiger partial charge < -0.3 is 10.5 Å². The van der Waals surface area contributed by atoms with Gasteiger partial charge in [0, 0.05) is 11.6 Å². The molecule has 2 rings (SSSR count). The average molecular weight is 294 g/mol. The van der Waals surface area contributed by atoms with E-state index in [9.17, 15) is 9.18 Å². The van der Waals surface area contributed by atoms with Gasteiger partial charge in [-0.1, -0.05) is 17.7 Å². The standard InChI is InChI=1S/C15H13ClFNO2/c1-9-6-10(15(18)19)2-3-11(9)8-20-12-4-5-13(16)14(17)7-12/h2-7H,8H2,1H3,(H2,18,19). The summed E-state index contributed by atoms with van der Waals surface area (Å²) in [4.78, 5) is 11.0. The van der Waals surface area contributed by atoms with E-state index in [0.717, 1.165) is 11.1 Å². The first-order chi connectivity index (χ1) is 9.47. The Morgan fingerprint density at radius 3 is 2.65 bits per heavy atom. The SMILES string of the molecule is Cc1cc(C(N)=O)ccc1COc1ccc(Cl)c(F)c1. The Labute approximate surface area is 121 Å². The Morgan fingerprint density at radius 1 is 1.30 bits per heavy atom. The largest absolute Gasteiger partial charge is 0.489 e. The number of rotatable bonds is 4. The van der Waals surface area contributed by atoms with Gasteiger partial charge >= 0.3 is 0 Å². The number of carbonyl (C=O) groups excluding carboxylic acids is 1. The van der Waals surface area contributed by atoms with Gasteiger partial charge in [0.15, 0.2) is 0 Å². The van der Waals surface area contributed by atoms with Crippen LogP contribution in [0.4, 0.5) is 4.39 Å². The number of halogens is 2. The lowest BCUT2D eigenvalue weighted by Gasteiger charge is -2.10. The van der Waals surface area contributed by atoms with Crippen LogP contribution in [0.25, 0.3) is 0 Å². The summed E-state index contributed by atoms with van der Waals surface area (Å²) in [7, 11) is 0. The van der Waals surface area contributed by atoms with Gasteiger partial charge in [-0.3, -0.25) is 4.79 Å². The lowest BCUT2D eigenvalue weighted by Crippen LogP contribution is -2.11. The van der Waals surface area contributed by atoms with Crippen LogP contribution in [0.15, 0.2) is 36.4 Å². The van der Waals surface area contributed by atoms with Crippen molar-refractivity contribution in [1.29, 1.82) is 0 Å². The molecule has 5 heteroatoms. The van der Waals surface area contributed by atoms with E-state index in [1.54, 1.807) is 24.3 Å². The maximum absolute atomic E-state index is 13.3. The minimum Gasteiger partial charge on any atom is -0.489 e. The molecule has 0 bridgehead atoms. The molecule has 0 aliphatic rings. The van der Waals surface area contributed by atoms with Crippen molar-refractivity contribution >= 4 is 17.5 Å². The number of aryl methyl sites for hydroxylation is 1. The average Bonchev–Trinajstić information content (AvgIpc) is 2.41. The molecule has 0 radical (unpaired) electrons. The summed E-state index contributed by atoms with van der Waals surface area (Å²) in [6, 6.07) is 9.37. The number of carbonyl (C=O) groups is 1. The number of primary amides is 1. The molecule has 0 fully saturated rings. The van der Waals surface area contributed by atoms with Gasteiger partial charge in [0.25, 0.3) is 0 Å². The molecule has 1 amide bonds. The second-order valence-electron chi connectivity index (χ2n) is 4.37. The van der Waals surface area contributed by atoms with E-state index in [0.29, 0.717) is 11.3 Å². The van der Waals surface area contributed by atoms with Gasteiger partial charge in [0.05, 0.1) is 5.02 Å². The van der Waals surface area contributed by atoms with Crippen LogP contribution < -0.4 is 10.5 Å². The van der Waals surface area contributed by atoms with E-state index in [1.807, 2.05) is 6.92 Å². The molecule has 0 saturated carbocycles. The third-order valence-corrected chi connectivity index (χ3v) is 3.22. The summed E-state index contributed by atoms with van der Waals surface area (Å²) in [6.45, 7) is 2.12. The van der Waals surface area contributed by atoms with Crippen molar-refractivity contribution in [1.82, 2.24) is 0 Å². The van der Waals surface area contributed by atoms with Crippen molar-refractivity contribution in [3.63, 3.8) is 0 Å². The van der Waals surface area contributed by atoms with Crippen LogP contribution in [0, 0.1) is 12.7 Å². The number of hydrogen-bond donors (Lipinski definition) is 1.